The third-order valence-corrected chi connectivity index (χ3v) is 3.61. The SMILES string of the molecule is N[C@@H](Cc1ccc([N+](=O)[O-])cc1)CC1(C(=O)O)CC1. The molecule has 1 aromatic carbocycles. The van der Waals surface area contributed by atoms with E-state index >= 15 is 0 Å². The van der Waals surface area contributed by atoms with Gasteiger partial charge in [0.25, 0.3) is 5.69 Å². The molecule has 0 saturated heterocycles. The van der Waals surface area contributed by atoms with Gasteiger partial charge >= 0.3 is 5.97 Å². The highest BCUT2D eigenvalue weighted by molar-refractivity contribution is 5.77. The van der Waals surface area contributed by atoms with Gasteiger partial charge in [0, 0.05) is 18.2 Å². The number of benzene rings is 1. The molecule has 0 spiro atoms. The molecule has 0 aromatic heterocycles. The minimum Gasteiger partial charge on any atom is -0.481 e. The summed E-state index contributed by atoms with van der Waals surface area (Å²) in [5.41, 5.74) is 6.28. The second kappa shape index (κ2) is 4.97. The third-order valence-electron chi connectivity index (χ3n) is 3.61. The standard InChI is InChI=1S/C13H16N2O4/c14-10(8-13(5-6-13)12(16)17)7-9-1-3-11(4-2-9)15(18)19/h1-4,10H,5-8,14H2,(H,16,17)/t10-/m0/s1. The first-order valence-electron chi connectivity index (χ1n) is 6.15. The normalized spacial score (nSPS) is 17.7. The Bertz CT molecular complexity index is 494. The maximum Gasteiger partial charge on any atom is 0.309 e. The average Bonchev–Trinajstić information content (AvgIpc) is 3.10. The van der Waals surface area contributed by atoms with E-state index in [-0.39, 0.29) is 11.7 Å². The Morgan fingerprint density at radius 3 is 2.42 bits per heavy atom. The second-order valence-electron chi connectivity index (χ2n) is 5.18. The second-order valence-corrected chi connectivity index (χ2v) is 5.18. The summed E-state index contributed by atoms with van der Waals surface area (Å²) < 4.78 is 0. The zero-order chi connectivity index (χ0) is 14.0. The van der Waals surface area contributed by atoms with Crippen LogP contribution in [0.5, 0.6) is 0 Å². The molecule has 19 heavy (non-hydrogen) atoms. The number of aliphatic carboxylic acids is 1. The number of rotatable bonds is 6. The van der Waals surface area contributed by atoms with E-state index in [1.807, 2.05) is 0 Å². The zero-order valence-corrected chi connectivity index (χ0v) is 10.4. The summed E-state index contributed by atoms with van der Waals surface area (Å²) in [7, 11) is 0. The van der Waals surface area contributed by atoms with Crippen LogP contribution in [0.15, 0.2) is 24.3 Å². The van der Waals surface area contributed by atoms with Crippen LogP contribution in [-0.2, 0) is 11.2 Å². The number of hydrogen-bond acceptors (Lipinski definition) is 4. The van der Waals surface area contributed by atoms with E-state index in [0.717, 1.165) is 5.56 Å². The number of carboxylic acids is 1. The highest BCUT2D eigenvalue weighted by Gasteiger charge is 2.50. The van der Waals surface area contributed by atoms with Crippen molar-refractivity contribution in [3.05, 3.63) is 39.9 Å². The molecule has 1 atom stereocenters. The first-order chi connectivity index (χ1) is 8.93. The minimum atomic E-state index is -0.772. The largest absolute Gasteiger partial charge is 0.481 e. The van der Waals surface area contributed by atoms with E-state index in [1.54, 1.807) is 12.1 Å². The summed E-state index contributed by atoms with van der Waals surface area (Å²) in [6, 6.07) is 5.97. The summed E-state index contributed by atoms with van der Waals surface area (Å²) in [5, 5.41) is 19.6. The Kier molecular flexibility index (Phi) is 3.53. The van der Waals surface area contributed by atoms with Crippen molar-refractivity contribution < 1.29 is 14.8 Å². The Labute approximate surface area is 110 Å². The fourth-order valence-corrected chi connectivity index (χ4v) is 2.29. The summed E-state index contributed by atoms with van der Waals surface area (Å²) >= 11 is 0. The Morgan fingerprint density at radius 1 is 1.42 bits per heavy atom. The molecule has 0 bridgehead atoms. The quantitative estimate of drug-likeness (QED) is 0.601. The van der Waals surface area contributed by atoms with Crippen LogP contribution in [-0.4, -0.2) is 22.0 Å². The Balaban J connectivity index is 1.94. The number of nitro benzene ring substituents is 1. The van der Waals surface area contributed by atoms with E-state index in [1.165, 1.54) is 12.1 Å². The molecule has 1 aliphatic rings. The molecule has 3 N–H and O–H groups in total. The van der Waals surface area contributed by atoms with Crippen LogP contribution >= 0.6 is 0 Å². The van der Waals surface area contributed by atoms with Gasteiger partial charge in [0.1, 0.15) is 0 Å². The van der Waals surface area contributed by atoms with E-state index in [0.29, 0.717) is 25.7 Å². The van der Waals surface area contributed by atoms with Gasteiger partial charge in [-0.15, -0.1) is 0 Å². The topological polar surface area (TPSA) is 106 Å². The number of carbonyl (C=O) groups is 1. The number of hydrogen-bond donors (Lipinski definition) is 2. The number of non-ortho nitro benzene ring substituents is 1. The van der Waals surface area contributed by atoms with Crippen LogP contribution in [0.4, 0.5) is 5.69 Å². The molecule has 1 saturated carbocycles. The Hall–Kier alpha value is -1.95. The van der Waals surface area contributed by atoms with Crippen molar-refractivity contribution in [1.29, 1.82) is 0 Å². The lowest BCUT2D eigenvalue weighted by Crippen LogP contribution is -2.30. The van der Waals surface area contributed by atoms with Crippen molar-refractivity contribution in [2.75, 3.05) is 0 Å². The third kappa shape index (κ3) is 3.08. The smallest absolute Gasteiger partial charge is 0.309 e. The maximum absolute atomic E-state index is 11.1. The van der Waals surface area contributed by atoms with Gasteiger partial charge in [0.05, 0.1) is 10.3 Å². The van der Waals surface area contributed by atoms with Gasteiger partial charge in [0.2, 0.25) is 0 Å². The van der Waals surface area contributed by atoms with Gasteiger partial charge in [-0.3, -0.25) is 14.9 Å². The molecule has 1 aliphatic carbocycles. The average molecular weight is 264 g/mol. The highest BCUT2D eigenvalue weighted by atomic mass is 16.6. The molecule has 102 valence electrons. The molecule has 0 amide bonds. The minimum absolute atomic E-state index is 0.0431. The van der Waals surface area contributed by atoms with Gasteiger partial charge in [-0.1, -0.05) is 12.1 Å². The van der Waals surface area contributed by atoms with Crippen LogP contribution in [0.3, 0.4) is 0 Å². The summed E-state index contributed by atoms with van der Waals surface area (Å²) in [4.78, 5) is 21.1. The lowest BCUT2D eigenvalue weighted by Gasteiger charge is -2.16. The number of nitrogens with two attached hydrogens (primary N) is 1. The monoisotopic (exact) mass is 264 g/mol. The number of nitrogens with zero attached hydrogens (tertiary/aromatic N) is 1. The highest BCUT2D eigenvalue weighted by Crippen LogP contribution is 2.49. The van der Waals surface area contributed by atoms with Gasteiger partial charge in [0.15, 0.2) is 0 Å². The van der Waals surface area contributed by atoms with Gasteiger partial charge in [-0.25, -0.2) is 0 Å². The predicted molar refractivity (Wildman–Crippen MR) is 68.7 cm³/mol. The fraction of sp³-hybridized carbons (Fsp3) is 0.462. The first-order valence-corrected chi connectivity index (χ1v) is 6.15. The van der Waals surface area contributed by atoms with Crippen LogP contribution < -0.4 is 5.73 Å². The lowest BCUT2D eigenvalue weighted by molar-refractivity contribution is -0.384. The van der Waals surface area contributed by atoms with Crippen molar-refractivity contribution in [3.63, 3.8) is 0 Å². The first kappa shape index (κ1) is 13.5. The van der Waals surface area contributed by atoms with Crippen LogP contribution in [0.1, 0.15) is 24.8 Å². The van der Waals surface area contributed by atoms with Crippen molar-refractivity contribution in [2.45, 2.75) is 31.7 Å². The Morgan fingerprint density at radius 2 is 2.00 bits per heavy atom. The lowest BCUT2D eigenvalue weighted by atomic mass is 9.93. The van der Waals surface area contributed by atoms with Gasteiger partial charge in [-0.2, -0.15) is 0 Å². The van der Waals surface area contributed by atoms with Gasteiger partial charge in [-0.05, 0) is 31.2 Å². The van der Waals surface area contributed by atoms with E-state index < -0.39 is 16.3 Å². The van der Waals surface area contributed by atoms with Crippen LogP contribution in [0.2, 0.25) is 0 Å². The molecule has 1 fully saturated rings. The summed E-state index contributed by atoms with van der Waals surface area (Å²) in [6.45, 7) is 0. The van der Waals surface area contributed by atoms with E-state index in [2.05, 4.69) is 0 Å². The maximum atomic E-state index is 11.1. The van der Waals surface area contributed by atoms with Crippen molar-refractivity contribution in [3.8, 4) is 0 Å². The summed E-state index contributed by atoms with van der Waals surface area (Å²) in [6.07, 6.45) is 2.37. The van der Waals surface area contributed by atoms with Crippen LogP contribution in [0.25, 0.3) is 0 Å². The molecular formula is C13H16N2O4. The molecule has 6 nitrogen and oxygen atoms in total. The molecule has 0 aliphatic heterocycles. The fourth-order valence-electron chi connectivity index (χ4n) is 2.29. The molecular weight excluding hydrogens is 248 g/mol. The molecule has 0 unspecified atom stereocenters. The van der Waals surface area contributed by atoms with E-state index in [4.69, 9.17) is 10.8 Å². The van der Waals surface area contributed by atoms with E-state index in [9.17, 15) is 14.9 Å². The molecule has 1 aromatic rings. The van der Waals surface area contributed by atoms with Crippen molar-refractivity contribution >= 4 is 11.7 Å². The number of nitro groups is 1. The molecule has 6 heteroatoms. The van der Waals surface area contributed by atoms with Crippen molar-refractivity contribution in [1.82, 2.24) is 0 Å². The zero-order valence-electron chi connectivity index (χ0n) is 10.4. The molecule has 0 radical (unpaired) electrons. The van der Waals surface area contributed by atoms with Crippen molar-refractivity contribution in [2.24, 2.45) is 11.1 Å². The van der Waals surface area contributed by atoms with Gasteiger partial charge < -0.3 is 10.8 Å². The molecule has 2 rings (SSSR count). The molecule has 0 heterocycles. The predicted octanol–water partition coefficient (Wildman–Crippen LogP) is 1.72. The number of carboxylic acid groups (broad SMARTS) is 1. The van der Waals surface area contributed by atoms with Crippen LogP contribution in [0, 0.1) is 15.5 Å². The summed E-state index contributed by atoms with van der Waals surface area (Å²) in [5.74, 6) is -0.772.